The van der Waals surface area contributed by atoms with Crippen molar-refractivity contribution in [2.45, 2.75) is 19.6 Å². The van der Waals surface area contributed by atoms with E-state index in [1.54, 1.807) is 12.1 Å². The summed E-state index contributed by atoms with van der Waals surface area (Å²) >= 11 is 1.27. The molecule has 0 radical (unpaired) electrons. The number of anilines is 3. The fraction of sp³-hybridized carbons (Fsp3) is 0.318. The fourth-order valence-corrected chi connectivity index (χ4v) is 4.49. The van der Waals surface area contributed by atoms with E-state index in [0.717, 1.165) is 18.0 Å². The number of para-hydroxylation sites is 1. The molecule has 0 unspecified atom stereocenters. The minimum absolute atomic E-state index is 0.156. The van der Waals surface area contributed by atoms with Crippen LogP contribution >= 0.6 is 11.3 Å². The molecule has 0 aliphatic carbocycles. The van der Waals surface area contributed by atoms with E-state index < -0.39 is 17.6 Å². The van der Waals surface area contributed by atoms with Crippen molar-refractivity contribution in [3.05, 3.63) is 65.0 Å². The van der Waals surface area contributed by atoms with E-state index in [4.69, 9.17) is 0 Å². The molecule has 6 nitrogen and oxygen atoms in total. The van der Waals surface area contributed by atoms with E-state index >= 15 is 0 Å². The third-order valence-corrected chi connectivity index (χ3v) is 6.17. The van der Waals surface area contributed by atoms with Gasteiger partial charge in [-0.15, -0.1) is 11.3 Å². The van der Waals surface area contributed by atoms with Crippen molar-refractivity contribution >= 4 is 33.9 Å². The average Bonchev–Trinajstić information content (AvgIpc) is 3.23. The van der Waals surface area contributed by atoms with Crippen molar-refractivity contribution < 1.29 is 22.4 Å². The minimum Gasteiger partial charge on any atom is -0.354 e. The first kappa shape index (κ1) is 23.1. The second kappa shape index (κ2) is 9.44. The van der Waals surface area contributed by atoms with Gasteiger partial charge < -0.3 is 4.90 Å². The maximum absolute atomic E-state index is 14.2. The summed E-state index contributed by atoms with van der Waals surface area (Å²) < 4.78 is 52.4. The summed E-state index contributed by atoms with van der Waals surface area (Å²) in [7, 11) is 0. The summed E-state index contributed by atoms with van der Waals surface area (Å²) in [5.74, 6) is -0.323. The van der Waals surface area contributed by atoms with E-state index in [2.05, 4.69) is 14.9 Å². The number of piperazine rings is 1. The Morgan fingerprint density at radius 3 is 2.45 bits per heavy atom. The van der Waals surface area contributed by atoms with Crippen LogP contribution in [0, 0.1) is 5.82 Å². The van der Waals surface area contributed by atoms with Crippen molar-refractivity contribution in [3.63, 3.8) is 0 Å². The van der Waals surface area contributed by atoms with Crippen LogP contribution in [0.1, 0.15) is 18.2 Å². The highest BCUT2D eigenvalue weighted by Crippen LogP contribution is 2.32. The van der Waals surface area contributed by atoms with Crippen LogP contribution in [0.4, 0.5) is 34.2 Å². The molecule has 0 atom stereocenters. The summed E-state index contributed by atoms with van der Waals surface area (Å²) in [6, 6.07) is 8.49. The van der Waals surface area contributed by atoms with Crippen molar-refractivity contribution in [2.75, 3.05) is 36.0 Å². The number of benzene rings is 1. The molecule has 1 amide bonds. The van der Waals surface area contributed by atoms with Crippen LogP contribution in [-0.4, -0.2) is 47.0 Å². The number of carbonyl (C=O) groups is 1. The lowest BCUT2D eigenvalue weighted by atomic mass is 10.2. The number of thiazole rings is 1. The van der Waals surface area contributed by atoms with E-state index in [1.165, 1.54) is 41.4 Å². The van der Waals surface area contributed by atoms with Gasteiger partial charge in [-0.25, -0.2) is 14.4 Å². The first-order chi connectivity index (χ1) is 15.7. The van der Waals surface area contributed by atoms with Crippen LogP contribution in [-0.2, 0) is 17.5 Å². The van der Waals surface area contributed by atoms with Gasteiger partial charge in [0.05, 0.1) is 16.9 Å². The monoisotopic (exact) mass is 479 g/mol. The van der Waals surface area contributed by atoms with E-state index in [0.29, 0.717) is 43.7 Å². The number of hydrogen-bond acceptors (Lipinski definition) is 6. The maximum atomic E-state index is 14.2. The molecule has 1 aliphatic heterocycles. The Labute approximate surface area is 192 Å². The van der Waals surface area contributed by atoms with Gasteiger partial charge in [0.15, 0.2) is 5.13 Å². The van der Waals surface area contributed by atoms with Crippen LogP contribution in [0.2, 0.25) is 0 Å². The molecule has 33 heavy (non-hydrogen) atoms. The topological polar surface area (TPSA) is 52.6 Å². The first-order valence-electron chi connectivity index (χ1n) is 10.2. The Balaban J connectivity index is 1.38. The summed E-state index contributed by atoms with van der Waals surface area (Å²) in [5, 5.41) is 2.24. The summed E-state index contributed by atoms with van der Waals surface area (Å²) in [4.78, 5) is 26.1. The van der Waals surface area contributed by atoms with Gasteiger partial charge in [0.1, 0.15) is 11.6 Å². The number of nitrogens with zero attached hydrogens (tertiary/aromatic N) is 5. The van der Waals surface area contributed by atoms with Crippen molar-refractivity contribution in [1.82, 2.24) is 14.9 Å². The Morgan fingerprint density at radius 2 is 1.85 bits per heavy atom. The SMILES string of the molecule is CC(=O)N(c1nc(CN2CCN(c3ccc(C(F)(F)F)cn3)CC2)cs1)c1ccccc1F. The molecule has 3 heterocycles. The van der Waals surface area contributed by atoms with E-state index in [-0.39, 0.29) is 11.6 Å². The van der Waals surface area contributed by atoms with Crippen LogP contribution in [0.25, 0.3) is 0 Å². The molecule has 4 rings (SSSR count). The molecular formula is C22H21F4N5OS. The van der Waals surface area contributed by atoms with Gasteiger partial charge in [-0.1, -0.05) is 12.1 Å². The molecule has 1 saturated heterocycles. The molecule has 0 N–H and O–H groups in total. The number of rotatable bonds is 5. The molecule has 0 bridgehead atoms. The largest absolute Gasteiger partial charge is 0.417 e. The predicted octanol–water partition coefficient (Wildman–Crippen LogP) is 4.70. The molecule has 0 saturated carbocycles. The lowest BCUT2D eigenvalue weighted by Gasteiger charge is -2.35. The normalized spacial score (nSPS) is 15.0. The molecule has 174 valence electrons. The van der Waals surface area contributed by atoms with Gasteiger partial charge >= 0.3 is 6.18 Å². The van der Waals surface area contributed by atoms with Gasteiger partial charge in [0, 0.05) is 51.2 Å². The second-order valence-electron chi connectivity index (χ2n) is 7.59. The molecule has 1 aliphatic rings. The third-order valence-electron chi connectivity index (χ3n) is 5.30. The molecule has 2 aromatic heterocycles. The zero-order valence-electron chi connectivity index (χ0n) is 17.7. The Hall–Kier alpha value is -3.05. The predicted molar refractivity (Wildman–Crippen MR) is 118 cm³/mol. The zero-order chi connectivity index (χ0) is 23.6. The zero-order valence-corrected chi connectivity index (χ0v) is 18.5. The number of aromatic nitrogens is 2. The smallest absolute Gasteiger partial charge is 0.354 e. The molecule has 1 aromatic carbocycles. The lowest BCUT2D eigenvalue weighted by Crippen LogP contribution is -2.46. The van der Waals surface area contributed by atoms with Gasteiger partial charge in [-0.05, 0) is 24.3 Å². The van der Waals surface area contributed by atoms with Crippen LogP contribution < -0.4 is 9.80 Å². The van der Waals surface area contributed by atoms with Gasteiger partial charge in [-0.2, -0.15) is 13.2 Å². The summed E-state index contributed by atoms with van der Waals surface area (Å²) in [6.07, 6.45) is -3.55. The highest BCUT2D eigenvalue weighted by Gasteiger charge is 2.31. The number of alkyl halides is 3. The Kier molecular flexibility index (Phi) is 6.61. The Bertz CT molecular complexity index is 1110. The van der Waals surface area contributed by atoms with Crippen LogP contribution in [0.15, 0.2) is 48.0 Å². The number of carbonyl (C=O) groups excluding carboxylic acids is 1. The highest BCUT2D eigenvalue weighted by molar-refractivity contribution is 7.14. The first-order valence-corrected chi connectivity index (χ1v) is 11.1. The molecule has 1 fully saturated rings. The number of halogens is 4. The quantitative estimate of drug-likeness (QED) is 0.497. The standard InChI is InChI=1S/C22H21F4N5OS/c1-15(32)31(19-5-3-2-4-18(19)23)21-28-17(14-33-21)13-29-8-10-30(11-9-29)20-7-6-16(12-27-20)22(24,25)26/h2-7,12,14H,8-11,13H2,1H3. The number of amides is 1. The van der Waals surface area contributed by atoms with Gasteiger partial charge in [0.25, 0.3) is 0 Å². The maximum Gasteiger partial charge on any atom is 0.417 e. The molecule has 3 aromatic rings. The van der Waals surface area contributed by atoms with Gasteiger partial charge in [0.2, 0.25) is 5.91 Å². The number of pyridine rings is 1. The van der Waals surface area contributed by atoms with Crippen molar-refractivity contribution in [3.8, 4) is 0 Å². The lowest BCUT2D eigenvalue weighted by molar-refractivity contribution is -0.137. The fourth-order valence-electron chi connectivity index (χ4n) is 3.62. The second-order valence-corrected chi connectivity index (χ2v) is 8.43. The van der Waals surface area contributed by atoms with E-state index in [1.807, 2.05) is 10.3 Å². The molecule has 0 spiro atoms. The third kappa shape index (κ3) is 5.31. The highest BCUT2D eigenvalue weighted by atomic mass is 32.1. The summed E-state index contributed by atoms with van der Waals surface area (Å²) in [6.45, 7) is 4.50. The molecule has 11 heteroatoms. The van der Waals surface area contributed by atoms with Gasteiger partial charge in [-0.3, -0.25) is 14.6 Å². The Morgan fingerprint density at radius 1 is 1.12 bits per heavy atom. The average molecular weight is 480 g/mol. The molecular weight excluding hydrogens is 458 g/mol. The number of hydrogen-bond donors (Lipinski definition) is 0. The van der Waals surface area contributed by atoms with Crippen LogP contribution in [0.5, 0.6) is 0 Å². The summed E-state index contributed by atoms with van der Waals surface area (Å²) in [5.41, 5.74) is 0.154. The van der Waals surface area contributed by atoms with E-state index in [9.17, 15) is 22.4 Å². The van der Waals surface area contributed by atoms with Crippen molar-refractivity contribution in [2.24, 2.45) is 0 Å². The van der Waals surface area contributed by atoms with Crippen LogP contribution in [0.3, 0.4) is 0 Å². The minimum atomic E-state index is -4.40. The van der Waals surface area contributed by atoms with Crippen molar-refractivity contribution in [1.29, 1.82) is 0 Å².